The van der Waals surface area contributed by atoms with Crippen LogP contribution in [0.5, 0.6) is 5.88 Å². The second kappa shape index (κ2) is 8.77. The number of nitrogens with zero attached hydrogens (tertiary/aromatic N) is 5. The SMILES string of the molecule is COc1ccc2nccc(N3CCN(CC4CN(c5ccc(C)c(F)c5)C(=O)O4)C(=O)C3)c2n1. The number of aromatic nitrogens is 2. The summed E-state index contributed by atoms with van der Waals surface area (Å²) < 4.78 is 24.7. The number of halogens is 1. The third-order valence-electron chi connectivity index (χ3n) is 6.17. The first-order valence-electron chi connectivity index (χ1n) is 11.0. The van der Waals surface area contributed by atoms with E-state index in [1.807, 2.05) is 17.0 Å². The smallest absolute Gasteiger partial charge is 0.414 e. The summed E-state index contributed by atoms with van der Waals surface area (Å²) >= 11 is 0. The molecule has 0 aliphatic carbocycles. The van der Waals surface area contributed by atoms with Crippen LogP contribution in [-0.4, -0.2) is 72.8 Å². The normalized spacial score (nSPS) is 18.6. The zero-order valence-electron chi connectivity index (χ0n) is 18.9. The summed E-state index contributed by atoms with van der Waals surface area (Å²) in [6, 6.07) is 10.1. The molecule has 3 aromatic rings. The van der Waals surface area contributed by atoms with Crippen molar-refractivity contribution in [2.45, 2.75) is 13.0 Å². The Morgan fingerprint density at radius 1 is 1.18 bits per heavy atom. The van der Waals surface area contributed by atoms with Gasteiger partial charge in [-0.1, -0.05) is 6.07 Å². The first-order valence-corrected chi connectivity index (χ1v) is 11.0. The number of carbonyl (C=O) groups excluding carboxylic acids is 2. The number of hydrogen-bond acceptors (Lipinski definition) is 7. The average molecular weight is 465 g/mol. The number of cyclic esters (lactones) is 1. The molecule has 2 amide bonds. The Balaban J connectivity index is 1.26. The number of fused-ring (bicyclic) bond motifs is 1. The van der Waals surface area contributed by atoms with Gasteiger partial charge >= 0.3 is 6.09 Å². The lowest BCUT2D eigenvalue weighted by Crippen LogP contribution is -2.52. The Kier molecular flexibility index (Phi) is 5.64. The van der Waals surface area contributed by atoms with E-state index in [4.69, 9.17) is 9.47 Å². The summed E-state index contributed by atoms with van der Waals surface area (Å²) in [6.07, 6.45) is 0.672. The molecule has 2 fully saturated rings. The van der Waals surface area contributed by atoms with Crippen molar-refractivity contribution in [3.05, 3.63) is 54.0 Å². The number of anilines is 2. The highest BCUT2D eigenvalue weighted by Gasteiger charge is 2.36. The number of aryl methyl sites for hydroxylation is 1. The van der Waals surface area contributed by atoms with Gasteiger partial charge in [-0.2, -0.15) is 0 Å². The van der Waals surface area contributed by atoms with Crippen molar-refractivity contribution in [1.82, 2.24) is 14.9 Å². The van der Waals surface area contributed by atoms with Crippen LogP contribution in [-0.2, 0) is 9.53 Å². The number of rotatable bonds is 5. The van der Waals surface area contributed by atoms with Gasteiger partial charge in [0.25, 0.3) is 0 Å². The van der Waals surface area contributed by atoms with E-state index < -0.39 is 12.2 Å². The van der Waals surface area contributed by atoms with Crippen LogP contribution in [0.15, 0.2) is 42.6 Å². The van der Waals surface area contributed by atoms with Gasteiger partial charge in [0.1, 0.15) is 17.4 Å². The molecule has 1 atom stereocenters. The van der Waals surface area contributed by atoms with Crippen LogP contribution >= 0.6 is 0 Å². The van der Waals surface area contributed by atoms with E-state index in [0.29, 0.717) is 35.7 Å². The second-order valence-corrected chi connectivity index (χ2v) is 8.36. The van der Waals surface area contributed by atoms with Crippen molar-refractivity contribution in [2.75, 3.05) is 49.6 Å². The largest absolute Gasteiger partial charge is 0.481 e. The van der Waals surface area contributed by atoms with Crippen LogP contribution in [0.25, 0.3) is 11.0 Å². The third kappa shape index (κ3) is 4.07. The highest BCUT2D eigenvalue weighted by Crippen LogP contribution is 2.28. The van der Waals surface area contributed by atoms with E-state index in [1.165, 1.54) is 11.0 Å². The van der Waals surface area contributed by atoms with Crippen LogP contribution in [0.2, 0.25) is 0 Å². The first-order chi connectivity index (χ1) is 16.4. The van der Waals surface area contributed by atoms with Crippen molar-refractivity contribution in [3.63, 3.8) is 0 Å². The third-order valence-corrected chi connectivity index (χ3v) is 6.17. The number of pyridine rings is 2. The molecule has 34 heavy (non-hydrogen) atoms. The summed E-state index contributed by atoms with van der Waals surface area (Å²) in [6.45, 7) is 3.44. The summed E-state index contributed by atoms with van der Waals surface area (Å²) in [7, 11) is 1.55. The van der Waals surface area contributed by atoms with Crippen molar-refractivity contribution >= 4 is 34.4 Å². The number of piperazine rings is 1. The molecular weight excluding hydrogens is 441 g/mol. The predicted octanol–water partition coefficient (Wildman–Crippen LogP) is 2.76. The standard InChI is InChI=1S/C24H24FN5O4/c1-15-3-4-16(11-18(15)25)30-13-17(34-24(30)32)12-29-10-9-28(14-22(29)31)20-7-8-26-19-5-6-21(33-2)27-23(19)20/h3-8,11,17H,9-10,12-14H2,1-2H3. The van der Waals surface area contributed by atoms with Gasteiger partial charge in [-0.25, -0.2) is 14.2 Å². The van der Waals surface area contributed by atoms with Gasteiger partial charge < -0.3 is 19.3 Å². The number of ether oxygens (including phenoxy) is 2. The predicted molar refractivity (Wildman–Crippen MR) is 124 cm³/mol. The molecule has 0 radical (unpaired) electrons. The molecule has 0 saturated carbocycles. The van der Waals surface area contributed by atoms with Crippen molar-refractivity contribution in [3.8, 4) is 5.88 Å². The van der Waals surface area contributed by atoms with Crippen molar-refractivity contribution in [2.24, 2.45) is 0 Å². The zero-order valence-corrected chi connectivity index (χ0v) is 18.9. The Bertz CT molecular complexity index is 1270. The van der Waals surface area contributed by atoms with Crippen LogP contribution < -0.4 is 14.5 Å². The van der Waals surface area contributed by atoms with E-state index in [9.17, 15) is 14.0 Å². The zero-order chi connectivity index (χ0) is 23.8. The Morgan fingerprint density at radius 3 is 2.79 bits per heavy atom. The molecule has 10 heteroatoms. The van der Waals surface area contributed by atoms with Gasteiger partial charge in [-0.15, -0.1) is 0 Å². The molecule has 5 rings (SSSR count). The minimum absolute atomic E-state index is 0.0741. The Hall–Kier alpha value is -3.95. The molecule has 2 aromatic heterocycles. The number of carbonyl (C=O) groups is 2. The molecule has 1 unspecified atom stereocenters. The molecule has 2 aliphatic rings. The number of benzene rings is 1. The fraction of sp³-hybridized carbons (Fsp3) is 0.333. The van der Waals surface area contributed by atoms with Crippen LogP contribution in [0, 0.1) is 12.7 Å². The highest BCUT2D eigenvalue weighted by atomic mass is 19.1. The average Bonchev–Trinajstić information content (AvgIpc) is 3.21. The maximum Gasteiger partial charge on any atom is 0.414 e. The van der Waals surface area contributed by atoms with E-state index in [0.717, 1.165) is 11.2 Å². The number of amides is 2. The molecular formula is C24H24FN5O4. The fourth-order valence-electron chi connectivity index (χ4n) is 4.29. The summed E-state index contributed by atoms with van der Waals surface area (Å²) in [5, 5.41) is 0. The van der Waals surface area contributed by atoms with Crippen LogP contribution in [0.1, 0.15) is 5.56 Å². The molecule has 0 bridgehead atoms. The molecule has 4 heterocycles. The van der Waals surface area contributed by atoms with Gasteiger partial charge in [-0.3, -0.25) is 14.7 Å². The lowest BCUT2D eigenvalue weighted by atomic mass is 10.2. The molecule has 9 nitrogen and oxygen atoms in total. The van der Waals surface area contributed by atoms with E-state index >= 15 is 0 Å². The fourth-order valence-corrected chi connectivity index (χ4v) is 4.29. The maximum absolute atomic E-state index is 13.9. The molecule has 1 aromatic carbocycles. The van der Waals surface area contributed by atoms with E-state index in [-0.39, 0.29) is 31.4 Å². The first kappa shape index (κ1) is 21.9. The number of hydrogen-bond donors (Lipinski definition) is 0. The second-order valence-electron chi connectivity index (χ2n) is 8.36. The molecule has 2 saturated heterocycles. The highest BCUT2D eigenvalue weighted by molar-refractivity contribution is 5.92. The maximum atomic E-state index is 13.9. The lowest BCUT2D eigenvalue weighted by molar-refractivity contribution is -0.132. The van der Waals surface area contributed by atoms with Crippen LogP contribution in [0.4, 0.5) is 20.6 Å². The van der Waals surface area contributed by atoms with E-state index in [2.05, 4.69) is 9.97 Å². The van der Waals surface area contributed by atoms with Gasteiger partial charge in [0, 0.05) is 25.4 Å². The monoisotopic (exact) mass is 465 g/mol. The van der Waals surface area contributed by atoms with E-state index in [1.54, 1.807) is 43.3 Å². The molecule has 2 aliphatic heterocycles. The van der Waals surface area contributed by atoms with Crippen LogP contribution in [0.3, 0.4) is 0 Å². The minimum atomic E-state index is -0.539. The Labute approximate surface area is 195 Å². The molecule has 176 valence electrons. The molecule has 0 spiro atoms. The van der Waals surface area contributed by atoms with Gasteiger partial charge in [0.15, 0.2) is 0 Å². The van der Waals surface area contributed by atoms with Gasteiger partial charge in [0.2, 0.25) is 11.8 Å². The molecule has 0 N–H and O–H groups in total. The Morgan fingerprint density at radius 2 is 2.03 bits per heavy atom. The summed E-state index contributed by atoms with van der Waals surface area (Å²) in [5.74, 6) is 0.0264. The van der Waals surface area contributed by atoms with Crippen molar-refractivity contribution < 1.29 is 23.5 Å². The lowest BCUT2D eigenvalue weighted by Gasteiger charge is -2.36. The van der Waals surface area contributed by atoms with Gasteiger partial charge in [0.05, 0.1) is 43.6 Å². The summed E-state index contributed by atoms with van der Waals surface area (Å²) in [5.41, 5.74) is 3.16. The van der Waals surface area contributed by atoms with Crippen molar-refractivity contribution in [1.29, 1.82) is 0 Å². The summed E-state index contributed by atoms with van der Waals surface area (Å²) in [4.78, 5) is 39.3. The van der Waals surface area contributed by atoms with Gasteiger partial charge in [-0.05, 0) is 36.8 Å². The number of methoxy groups -OCH3 is 1. The quantitative estimate of drug-likeness (QED) is 0.573. The minimum Gasteiger partial charge on any atom is -0.481 e. The topological polar surface area (TPSA) is 88.1 Å².